The van der Waals surface area contributed by atoms with Gasteiger partial charge in [-0.2, -0.15) is 0 Å². The highest BCUT2D eigenvalue weighted by atomic mass is 19.1. The second-order valence-electron chi connectivity index (χ2n) is 6.54. The lowest BCUT2D eigenvalue weighted by Crippen LogP contribution is -2.32. The van der Waals surface area contributed by atoms with Crippen LogP contribution in [0.2, 0.25) is 0 Å². The van der Waals surface area contributed by atoms with Gasteiger partial charge in [-0.25, -0.2) is 9.37 Å². The maximum atomic E-state index is 13.2. The number of rotatable bonds is 2. The Morgan fingerprint density at radius 2 is 2.00 bits per heavy atom. The zero-order chi connectivity index (χ0) is 18.4. The minimum atomic E-state index is -0.348. The maximum Gasteiger partial charge on any atom is 0.294 e. The van der Waals surface area contributed by atoms with Crippen molar-refractivity contribution in [2.45, 2.75) is 12.5 Å². The molecule has 1 saturated heterocycles. The van der Waals surface area contributed by atoms with Gasteiger partial charge in [0.05, 0.1) is 5.69 Å². The third-order valence-corrected chi connectivity index (χ3v) is 4.72. The lowest BCUT2D eigenvalue weighted by molar-refractivity contribution is 0.0786. The van der Waals surface area contributed by atoms with Crippen molar-refractivity contribution < 1.29 is 9.18 Å². The molecule has 1 aliphatic rings. The fourth-order valence-corrected chi connectivity index (χ4v) is 3.25. The summed E-state index contributed by atoms with van der Waals surface area (Å²) in [4.78, 5) is 31.1. The molecule has 0 spiro atoms. The van der Waals surface area contributed by atoms with Crippen molar-refractivity contribution >= 4 is 11.6 Å². The molecule has 3 heterocycles. The van der Waals surface area contributed by atoms with E-state index in [2.05, 4.69) is 4.98 Å². The predicted octanol–water partition coefficient (Wildman–Crippen LogP) is 1.01. The van der Waals surface area contributed by atoms with Gasteiger partial charge in [0, 0.05) is 38.6 Å². The van der Waals surface area contributed by atoms with Crippen LogP contribution in [0.3, 0.4) is 0 Å². The van der Waals surface area contributed by atoms with Crippen LogP contribution in [-0.4, -0.2) is 43.9 Å². The molecule has 1 aliphatic heterocycles. The van der Waals surface area contributed by atoms with Gasteiger partial charge < -0.3 is 15.2 Å². The van der Waals surface area contributed by atoms with Crippen LogP contribution in [0.5, 0.6) is 0 Å². The molecule has 0 bridgehead atoms. The summed E-state index contributed by atoms with van der Waals surface area (Å²) in [6.45, 7) is 1.08. The van der Waals surface area contributed by atoms with Crippen LogP contribution in [0, 0.1) is 5.82 Å². The molecule has 0 aliphatic carbocycles. The second kappa shape index (κ2) is 6.06. The van der Waals surface area contributed by atoms with E-state index >= 15 is 0 Å². The normalized spacial score (nSPS) is 17.2. The van der Waals surface area contributed by atoms with E-state index in [1.807, 2.05) is 0 Å². The zero-order valence-electron chi connectivity index (χ0n) is 14.2. The Kier molecular flexibility index (Phi) is 3.84. The van der Waals surface area contributed by atoms with Crippen LogP contribution in [0.4, 0.5) is 4.39 Å². The van der Waals surface area contributed by atoms with Gasteiger partial charge in [0.2, 0.25) is 5.65 Å². The summed E-state index contributed by atoms with van der Waals surface area (Å²) in [7, 11) is 1.62. The standard InChI is InChI=1S/C18H18FN5O2/c1-22-15(11-2-4-12(19)5-3-11)10-24-9-14(21-16(24)18(22)26)17(25)23-7-6-13(20)8-23/h2-5,9-10,13H,6-8,20H2,1H3/t13-/m1/s1. The Hall–Kier alpha value is -3.00. The Morgan fingerprint density at radius 3 is 2.65 bits per heavy atom. The number of likely N-dealkylation sites (tertiary alicyclic amines) is 1. The molecule has 2 N–H and O–H groups in total. The number of fused-ring (bicyclic) bond motifs is 1. The average Bonchev–Trinajstić information content (AvgIpc) is 3.25. The maximum absolute atomic E-state index is 13.2. The minimum Gasteiger partial charge on any atom is -0.336 e. The summed E-state index contributed by atoms with van der Waals surface area (Å²) in [6, 6.07) is 5.86. The van der Waals surface area contributed by atoms with Crippen LogP contribution < -0.4 is 11.3 Å². The first-order chi connectivity index (χ1) is 12.4. The van der Waals surface area contributed by atoms with Crippen LogP contribution in [-0.2, 0) is 7.05 Å². The lowest BCUT2D eigenvalue weighted by atomic mass is 10.1. The van der Waals surface area contributed by atoms with E-state index in [4.69, 9.17) is 5.73 Å². The number of nitrogens with zero attached hydrogens (tertiary/aromatic N) is 4. The number of benzene rings is 1. The fourth-order valence-electron chi connectivity index (χ4n) is 3.25. The molecule has 134 valence electrons. The third kappa shape index (κ3) is 2.68. The van der Waals surface area contributed by atoms with Gasteiger partial charge in [-0.3, -0.25) is 14.0 Å². The van der Waals surface area contributed by atoms with Gasteiger partial charge in [0.15, 0.2) is 0 Å². The first-order valence-corrected chi connectivity index (χ1v) is 8.33. The van der Waals surface area contributed by atoms with E-state index in [9.17, 15) is 14.0 Å². The summed E-state index contributed by atoms with van der Waals surface area (Å²) in [5.74, 6) is -0.578. The van der Waals surface area contributed by atoms with E-state index in [0.717, 1.165) is 6.42 Å². The number of hydrogen-bond acceptors (Lipinski definition) is 4. The van der Waals surface area contributed by atoms with E-state index in [1.165, 1.54) is 16.7 Å². The van der Waals surface area contributed by atoms with Gasteiger partial charge in [-0.15, -0.1) is 0 Å². The number of halogens is 1. The summed E-state index contributed by atoms with van der Waals surface area (Å²) >= 11 is 0. The van der Waals surface area contributed by atoms with Crippen LogP contribution in [0.25, 0.3) is 16.9 Å². The van der Waals surface area contributed by atoms with Crippen molar-refractivity contribution in [3.8, 4) is 11.3 Å². The Morgan fingerprint density at radius 1 is 1.27 bits per heavy atom. The Labute approximate surface area is 148 Å². The number of hydrogen-bond donors (Lipinski definition) is 1. The monoisotopic (exact) mass is 355 g/mol. The van der Waals surface area contributed by atoms with Crippen molar-refractivity contribution in [2.24, 2.45) is 12.8 Å². The number of aromatic nitrogens is 3. The van der Waals surface area contributed by atoms with Crippen molar-refractivity contribution in [1.82, 2.24) is 18.9 Å². The van der Waals surface area contributed by atoms with E-state index < -0.39 is 0 Å². The van der Waals surface area contributed by atoms with Crippen molar-refractivity contribution in [3.05, 3.63) is 58.5 Å². The largest absolute Gasteiger partial charge is 0.336 e. The van der Waals surface area contributed by atoms with Crippen LogP contribution in [0.15, 0.2) is 41.5 Å². The molecule has 1 fully saturated rings. The van der Waals surface area contributed by atoms with Gasteiger partial charge in [-0.05, 0) is 36.2 Å². The molecule has 8 heteroatoms. The van der Waals surface area contributed by atoms with E-state index in [-0.39, 0.29) is 34.7 Å². The smallest absolute Gasteiger partial charge is 0.294 e. The molecular formula is C18H18FN5O2. The van der Waals surface area contributed by atoms with Gasteiger partial charge in [0.1, 0.15) is 11.5 Å². The van der Waals surface area contributed by atoms with E-state index in [0.29, 0.717) is 24.3 Å². The average molecular weight is 355 g/mol. The highest BCUT2D eigenvalue weighted by Crippen LogP contribution is 2.19. The number of carbonyl (C=O) groups excluding carboxylic acids is 1. The summed E-state index contributed by atoms with van der Waals surface area (Å²) < 4.78 is 16.2. The van der Waals surface area contributed by atoms with Crippen LogP contribution >= 0.6 is 0 Å². The van der Waals surface area contributed by atoms with Gasteiger partial charge in [-0.1, -0.05) is 0 Å². The number of amides is 1. The number of carbonyl (C=O) groups is 1. The molecule has 26 heavy (non-hydrogen) atoms. The zero-order valence-corrected chi connectivity index (χ0v) is 14.2. The quantitative estimate of drug-likeness (QED) is 0.743. The highest BCUT2D eigenvalue weighted by Gasteiger charge is 2.26. The summed E-state index contributed by atoms with van der Waals surface area (Å²) in [6.07, 6.45) is 4.02. The molecule has 0 saturated carbocycles. The third-order valence-electron chi connectivity index (χ3n) is 4.72. The van der Waals surface area contributed by atoms with Crippen molar-refractivity contribution in [2.75, 3.05) is 13.1 Å². The number of imidazole rings is 1. The van der Waals surface area contributed by atoms with Crippen LogP contribution in [0.1, 0.15) is 16.9 Å². The molecule has 2 aromatic heterocycles. The molecular weight excluding hydrogens is 337 g/mol. The molecule has 1 aromatic carbocycles. The molecule has 3 aromatic rings. The van der Waals surface area contributed by atoms with Crippen molar-refractivity contribution in [3.63, 3.8) is 0 Å². The van der Waals surface area contributed by atoms with Crippen molar-refractivity contribution in [1.29, 1.82) is 0 Å². The minimum absolute atomic E-state index is 0.0195. The lowest BCUT2D eigenvalue weighted by Gasteiger charge is -2.13. The molecule has 4 rings (SSSR count). The molecule has 0 unspecified atom stereocenters. The Balaban J connectivity index is 1.79. The molecule has 0 radical (unpaired) electrons. The topological polar surface area (TPSA) is 85.6 Å². The fraction of sp³-hybridized carbons (Fsp3) is 0.278. The SMILES string of the molecule is Cn1c(-c2ccc(F)cc2)cn2cc(C(=O)N3CC[C@@H](N)C3)nc2c1=O. The first kappa shape index (κ1) is 16.5. The molecule has 7 nitrogen and oxygen atoms in total. The Bertz CT molecular complexity index is 1050. The van der Waals surface area contributed by atoms with Gasteiger partial charge >= 0.3 is 0 Å². The molecule has 1 atom stereocenters. The predicted molar refractivity (Wildman–Crippen MR) is 94.3 cm³/mol. The molecule has 1 amide bonds. The van der Waals surface area contributed by atoms with Gasteiger partial charge in [0.25, 0.3) is 11.5 Å². The van der Waals surface area contributed by atoms with E-state index in [1.54, 1.807) is 40.9 Å². The number of nitrogens with two attached hydrogens (primary N) is 1. The second-order valence-corrected chi connectivity index (χ2v) is 6.54. The highest BCUT2D eigenvalue weighted by molar-refractivity contribution is 5.93. The summed E-state index contributed by atoms with van der Waals surface area (Å²) in [5.41, 5.74) is 7.21. The first-order valence-electron chi connectivity index (χ1n) is 8.33. The summed E-state index contributed by atoms with van der Waals surface area (Å²) in [5, 5.41) is 0.